The van der Waals surface area contributed by atoms with Gasteiger partial charge < -0.3 is 30.6 Å². The maximum atomic E-state index is 15.1. The molecule has 0 spiro atoms. The minimum absolute atomic E-state index is 0.0148. The van der Waals surface area contributed by atoms with Crippen molar-refractivity contribution in [3.05, 3.63) is 23.0 Å². The van der Waals surface area contributed by atoms with Crippen LogP contribution in [0.15, 0.2) is 17.4 Å². The third-order valence-corrected chi connectivity index (χ3v) is 9.20. The molecule has 0 radical (unpaired) electrons. The number of rotatable bonds is 10. The number of anilines is 2. The summed E-state index contributed by atoms with van der Waals surface area (Å²) in [5.74, 6) is -0.174. The summed E-state index contributed by atoms with van der Waals surface area (Å²) in [7, 11) is -2.61. The molecular weight excluding hydrogens is 671 g/mol. The van der Waals surface area contributed by atoms with E-state index in [0.29, 0.717) is 0 Å². The highest BCUT2D eigenvalue weighted by Gasteiger charge is 2.48. The summed E-state index contributed by atoms with van der Waals surface area (Å²) < 4.78 is 70.0. The molecule has 2 aliphatic rings. The fourth-order valence-corrected chi connectivity index (χ4v) is 6.86. The van der Waals surface area contributed by atoms with Crippen LogP contribution in [-0.2, 0) is 32.2 Å². The Morgan fingerprint density at radius 2 is 2.00 bits per heavy atom. The summed E-state index contributed by atoms with van der Waals surface area (Å²) in [4.78, 5) is 30.5. The third-order valence-electron chi connectivity index (χ3n) is 6.76. The number of aromatic nitrogens is 9. The summed E-state index contributed by atoms with van der Waals surface area (Å²) >= 11 is 7.80. The molecule has 2 saturated heterocycles. The molecule has 44 heavy (non-hydrogen) atoms. The Kier molecular flexibility index (Phi) is 8.69. The summed E-state index contributed by atoms with van der Waals surface area (Å²) in [6.45, 7) is -5.05. The van der Waals surface area contributed by atoms with Crippen LogP contribution in [-0.4, -0.2) is 93.4 Å². The van der Waals surface area contributed by atoms with Gasteiger partial charge in [0, 0.05) is 6.42 Å². The highest BCUT2D eigenvalue weighted by atomic mass is 32.7. The summed E-state index contributed by atoms with van der Waals surface area (Å²) in [6.07, 6.45) is -7.03. The standard InChI is InChI=1S/C19H24FN11O9P2S2/c20-9-12(32)8(39-18(9)31-14-10(28-29-31)13(21)23-4-24-14)3-37-42(35,44)40-7-1-6(2-36-41(34)43)38-17(7)30-5-25-11-15(30)26-19(22)27-16(11)33/h4-9,12,17-18,32,41H,1-3H2,(H,34,43)(H,35,44)(H2,21,23,24)(H3,22,26,27,33)/t6-,7?,8+,9?,12-,17+,18+,42?/m0/s1. The van der Waals surface area contributed by atoms with Gasteiger partial charge in [0.05, 0.1) is 25.6 Å². The average molecular weight is 696 g/mol. The Morgan fingerprint density at radius 3 is 2.77 bits per heavy atom. The van der Waals surface area contributed by atoms with Crippen LogP contribution in [0.5, 0.6) is 0 Å². The molecule has 20 nitrogen and oxygen atoms in total. The second kappa shape index (κ2) is 12.2. The molecular formula is C19H24FN11O9P2S2. The number of fused-ring (bicyclic) bond motifs is 2. The molecule has 9 atom stereocenters. The van der Waals surface area contributed by atoms with Crippen molar-refractivity contribution in [1.29, 1.82) is 0 Å². The van der Waals surface area contributed by atoms with E-state index in [1.165, 1.54) is 10.9 Å². The molecule has 2 aliphatic heterocycles. The second-order valence-corrected chi connectivity index (χ2v) is 14.4. The van der Waals surface area contributed by atoms with E-state index in [9.17, 15) is 19.0 Å². The van der Waals surface area contributed by atoms with Crippen LogP contribution in [0.2, 0.25) is 0 Å². The van der Waals surface area contributed by atoms with Gasteiger partial charge in [0.1, 0.15) is 24.6 Å². The zero-order valence-electron chi connectivity index (χ0n) is 22.0. The van der Waals surface area contributed by atoms with Gasteiger partial charge in [0.2, 0.25) is 13.2 Å². The van der Waals surface area contributed by atoms with E-state index in [4.69, 9.17) is 34.5 Å². The number of nitrogen functional groups attached to an aromatic ring is 2. The van der Waals surface area contributed by atoms with E-state index in [0.717, 1.165) is 11.0 Å². The normalized spacial score (nSPS) is 29.4. The quantitative estimate of drug-likeness (QED) is 0.0953. The Bertz CT molecular complexity index is 1830. The summed E-state index contributed by atoms with van der Waals surface area (Å²) in [5, 5.41) is 18.2. The molecule has 2 fully saturated rings. The smallest absolute Gasteiger partial charge is 0.386 e. The maximum Gasteiger partial charge on any atom is 0.386 e. The van der Waals surface area contributed by atoms with Gasteiger partial charge in [-0.2, -0.15) is 9.67 Å². The van der Waals surface area contributed by atoms with Crippen LogP contribution in [0.3, 0.4) is 0 Å². The predicted octanol–water partition coefficient (Wildman–Crippen LogP) is 0.179. The number of nitrogens with zero attached hydrogens (tertiary/aromatic N) is 8. The van der Waals surface area contributed by atoms with Gasteiger partial charge in [-0.1, -0.05) is 29.7 Å². The molecule has 6 heterocycles. The van der Waals surface area contributed by atoms with Gasteiger partial charge in [-0.15, -0.1) is 5.10 Å². The Balaban J connectivity index is 1.17. The Labute approximate surface area is 255 Å². The molecule has 0 saturated carbocycles. The fourth-order valence-electron chi connectivity index (χ4n) is 4.82. The van der Waals surface area contributed by atoms with Gasteiger partial charge in [-0.25, -0.2) is 23.9 Å². The van der Waals surface area contributed by atoms with Crippen LogP contribution >= 0.6 is 38.5 Å². The number of aromatic amines is 1. The number of alkyl halides is 1. The molecule has 6 N–H and O–H groups in total. The van der Waals surface area contributed by atoms with Crippen LogP contribution in [0.1, 0.15) is 18.9 Å². The number of hydrogen-bond donors (Lipinski definition) is 6. The van der Waals surface area contributed by atoms with Crippen LogP contribution in [0, 0.1) is 0 Å². The zero-order chi connectivity index (χ0) is 31.3. The van der Waals surface area contributed by atoms with Crippen LogP contribution < -0.4 is 17.0 Å². The largest absolute Gasteiger partial charge is 0.387 e. The number of hydrogen-bond acceptors (Lipinski definition) is 17. The lowest BCUT2D eigenvalue weighted by atomic mass is 10.1. The van der Waals surface area contributed by atoms with Gasteiger partial charge in [0.15, 0.2) is 46.8 Å². The molecule has 4 unspecified atom stereocenters. The molecule has 6 rings (SSSR count). The van der Waals surface area contributed by atoms with Crippen molar-refractivity contribution in [2.75, 3.05) is 24.7 Å². The van der Waals surface area contributed by atoms with E-state index >= 15 is 4.39 Å². The van der Waals surface area contributed by atoms with Gasteiger partial charge >= 0.3 is 6.80 Å². The Hall–Kier alpha value is -2.72. The average Bonchev–Trinajstić information content (AvgIpc) is 3.73. The van der Waals surface area contributed by atoms with E-state index < -0.39 is 69.2 Å². The first-order valence-corrected chi connectivity index (χ1v) is 17.9. The molecule has 25 heteroatoms. The van der Waals surface area contributed by atoms with Crippen molar-refractivity contribution in [3.63, 3.8) is 0 Å². The van der Waals surface area contributed by atoms with Crippen molar-refractivity contribution in [2.24, 2.45) is 0 Å². The van der Waals surface area contributed by atoms with Crippen molar-refractivity contribution >= 4 is 72.6 Å². The number of thiol groups is 2. The minimum atomic E-state index is -4.28. The monoisotopic (exact) mass is 695 g/mol. The molecule has 238 valence electrons. The maximum absolute atomic E-state index is 15.1. The number of aliphatic hydroxyl groups is 1. The number of nitrogens with one attached hydrogen (secondary N) is 1. The minimum Gasteiger partial charge on any atom is -0.387 e. The molecule has 0 aliphatic carbocycles. The van der Waals surface area contributed by atoms with E-state index in [2.05, 4.69) is 59.7 Å². The SMILES string of the molecule is Nc1nc2c(ncn2[C@@H]2O[C@H](CO[PH](=O)S)CC2OP(=O)(S)OC[C@H]2O[C@@H](n3nnc4c(N)ncnc43)C(F)[C@H]2O)c(=O)[nH]1. The zero-order valence-corrected chi connectivity index (χ0v) is 25.7. The number of H-pyrrole nitrogens is 1. The first-order valence-electron chi connectivity index (χ1n) is 12.6. The molecule has 0 aromatic carbocycles. The number of halogens is 1. The highest BCUT2D eigenvalue weighted by molar-refractivity contribution is 8.44. The van der Waals surface area contributed by atoms with Crippen molar-refractivity contribution in [1.82, 2.24) is 44.5 Å². The van der Waals surface area contributed by atoms with Crippen LogP contribution in [0.25, 0.3) is 22.3 Å². The number of imidazole rings is 1. The van der Waals surface area contributed by atoms with Crippen LogP contribution in [0.4, 0.5) is 16.2 Å². The van der Waals surface area contributed by atoms with Gasteiger partial charge in [-0.05, 0) is 0 Å². The molecule has 0 amide bonds. The molecule has 0 bridgehead atoms. The van der Waals surface area contributed by atoms with Gasteiger partial charge in [0.25, 0.3) is 5.56 Å². The van der Waals surface area contributed by atoms with Crippen molar-refractivity contribution < 1.29 is 41.7 Å². The lowest BCUT2D eigenvalue weighted by Gasteiger charge is -2.24. The van der Waals surface area contributed by atoms with Gasteiger partial charge in [-0.3, -0.25) is 28.0 Å². The molecule has 4 aromatic heterocycles. The first kappa shape index (κ1) is 31.3. The van der Waals surface area contributed by atoms with E-state index in [1.54, 1.807) is 0 Å². The van der Waals surface area contributed by atoms with E-state index in [1.807, 2.05) is 0 Å². The summed E-state index contributed by atoms with van der Waals surface area (Å²) in [6, 6.07) is 0. The predicted molar refractivity (Wildman–Crippen MR) is 155 cm³/mol. The third kappa shape index (κ3) is 6.08. The first-order chi connectivity index (χ1) is 20.9. The van der Waals surface area contributed by atoms with E-state index in [-0.39, 0.29) is 47.1 Å². The fraction of sp³-hybridized carbons (Fsp3) is 0.526. The van der Waals surface area contributed by atoms with Crippen molar-refractivity contribution in [3.8, 4) is 0 Å². The topological polar surface area (TPSA) is 273 Å². The lowest BCUT2D eigenvalue weighted by molar-refractivity contribution is -0.0542. The second-order valence-electron chi connectivity index (χ2n) is 9.61. The highest BCUT2D eigenvalue weighted by Crippen LogP contribution is 2.57. The molecule has 4 aromatic rings. The number of nitrogens with two attached hydrogens (primary N) is 2. The number of ether oxygens (including phenoxy) is 2. The summed E-state index contributed by atoms with van der Waals surface area (Å²) in [5.41, 5.74) is 11.0. The Morgan fingerprint density at radius 1 is 1.20 bits per heavy atom. The lowest BCUT2D eigenvalue weighted by Crippen LogP contribution is -2.31. The number of aliphatic hydroxyl groups excluding tert-OH is 1. The van der Waals surface area contributed by atoms with Crippen molar-refractivity contribution in [2.45, 2.75) is 49.5 Å².